The molecule has 19 nitrogen and oxygen atoms in total. The molecule has 1 aromatic rings. The zero-order valence-electron chi connectivity index (χ0n) is 37.2. The number of primary amides is 1. The number of aromatic nitrogens is 1. The largest absolute Gasteiger partial charge is 0.478 e. The lowest BCUT2D eigenvalue weighted by atomic mass is 9.81. The van der Waals surface area contributed by atoms with Crippen LogP contribution in [0.1, 0.15) is 146 Å². The number of Topliss-reactive ketones (excluding diaryl/α,β-unsaturated/α-hetero) is 2. The van der Waals surface area contributed by atoms with Crippen LogP contribution in [0.15, 0.2) is 18.5 Å². The topological polar surface area (TPSA) is 293 Å². The minimum Gasteiger partial charge on any atom is -0.478 e. The van der Waals surface area contributed by atoms with Crippen LogP contribution in [0.5, 0.6) is 0 Å². The van der Waals surface area contributed by atoms with Crippen molar-refractivity contribution in [3.8, 4) is 0 Å². The van der Waals surface area contributed by atoms with Gasteiger partial charge >= 0.3 is 5.97 Å². The van der Waals surface area contributed by atoms with Gasteiger partial charge in [-0.05, 0) is 76.2 Å². The van der Waals surface area contributed by atoms with E-state index in [1.54, 1.807) is 41.5 Å². The first kappa shape index (κ1) is 49.9. The Morgan fingerprint density at radius 1 is 0.794 bits per heavy atom. The Bertz CT molecular complexity index is 1930. The number of hydrogen-bond acceptors (Lipinski definition) is 11. The summed E-state index contributed by atoms with van der Waals surface area (Å²) >= 11 is 0. The van der Waals surface area contributed by atoms with Crippen molar-refractivity contribution in [3.63, 3.8) is 0 Å². The lowest BCUT2D eigenvalue weighted by Gasteiger charge is -2.37. The smallest absolute Gasteiger partial charge is 0.338 e. The second kappa shape index (κ2) is 21.6. The molecule has 1 aromatic heterocycles. The molecule has 0 unspecified atom stereocenters. The van der Waals surface area contributed by atoms with Gasteiger partial charge in [0.05, 0.1) is 17.7 Å². The van der Waals surface area contributed by atoms with Crippen molar-refractivity contribution in [2.24, 2.45) is 23.0 Å². The SMILES string of the molecule is CC(C)(C)NC(=O)C(=O)CC[C@H](NC(=O)c1ccncc1C(=O)O)C(=O)N[C@H](C(=O)N1CC(=O)C[C@H]1C(=O)N[C@H](C(=O)N[C@H](C(N)=O)C1CCCCC1)C1CCCCC1)C(C)(C)C. The fourth-order valence-corrected chi connectivity index (χ4v) is 8.53. The van der Waals surface area contributed by atoms with E-state index in [9.17, 15) is 53.1 Å². The normalized spacial score (nSPS) is 19.4. The van der Waals surface area contributed by atoms with Gasteiger partial charge in [-0.2, -0.15) is 0 Å². The molecule has 1 saturated heterocycles. The molecule has 63 heavy (non-hydrogen) atoms. The first-order chi connectivity index (χ1) is 29.5. The molecule has 3 aliphatic rings. The molecule has 3 fully saturated rings. The van der Waals surface area contributed by atoms with Gasteiger partial charge < -0.3 is 42.3 Å². The highest BCUT2D eigenvalue weighted by Gasteiger charge is 2.46. The summed E-state index contributed by atoms with van der Waals surface area (Å²) in [5.74, 6) is -9.01. The molecule has 8 N–H and O–H groups in total. The van der Waals surface area contributed by atoms with Crippen LogP contribution in [0.25, 0.3) is 0 Å². The van der Waals surface area contributed by atoms with E-state index in [0.29, 0.717) is 12.8 Å². The first-order valence-corrected chi connectivity index (χ1v) is 21.8. The molecule has 0 radical (unpaired) electrons. The standard InChI is InChI=1S/C44H64N8O11/c1-43(2,3)34(50-37(57)29(17-18-31(54)39(59)51-44(4,5)6)47-36(56)27-19-20-46-22-28(27)42(62)63)41(61)52-23-26(53)21-30(52)38(58)49-33(25-15-11-8-12-16-25)40(60)48-32(35(45)55)24-13-9-7-10-14-24/h19-20,22,24-25,29-30,32-34H,7-18,21,23H2,1-6H3,(H2,45,55)(H,47,56)(H,48,60)(H,49,58)(H,50,57)(H,51,59)(H,62,63)/t29-,30-,32-,33-,34+/m0/s1. The summed E-state index contributed by atoms with van der Waals surface area (Å²) < 4.78 is 0. The Morgan fingerprint density at radius 2 is 1.38 bits per heavy atom. The van der Waals surface area contributed by atoms with Crippen molar-refractivity contribution in [2.45, 2.75) is 161 Å². The monoisotopic (exact) mass is 880 g/mol. The molecule has 0 bridgehead atoms. The van der Waals surface area contributed by atoms with E-state index in [1.807, 2.05) is 0 Å². The Labute approximate surface area is 367 Å². The summed E-state index contributed by atoms with van der Waals surface area (Å²) in [5.41, 5.74) is 3.11. The zero-order chi connectivity index (χ0) is 46.8. The number of carbonyl (C=O) groups excluding carboxylic acids is 9. The summed E-state index contributed by atoms with van der Waals surface area (Å²) in [7, 11) is 0. The molecule has 2 saturated carbocycles. The Morgan fingerprint density at radius 3 is 1.92 bits per heavy atom. The van der Waals surface area contributed by atoms with Gasteiger partial charge in [-0.3, -0.25) is 48.1 Å². The maximum atomic E-state index is 14.6. The number of carbonyl (C=O) groups is 10. The van der Waals surface area contributed by atoms with E-state index in [4.69, 9.17) is 5.73 Å². The Kier molecular flexibility index (Phi) is 17.1. The van der Waals surface area contributed by atoms with Gasteiger partial charge in [-0.1, -0.05) is 59.3 Å². The summed E-state index contributed by atoms with van der Waals surface area (Å²) in [6.07, 6.45) is 8.85. The number of aromatic carboxylic acids is 1. The van der Waals surface area contributed by atoms with Crippen LogP contribution in [0.3, 0.4) is 0 Å². The summed E-state index contributed by atoms with van der Waals surface area (Å²) in [4.78, 5) is 138. The summed E-state index contributed by atoms with van der Waals surface area (Å²) in [6.45, 7) is 9.39. The fraction of sp³-hybridized carbons (Fsp3) is 0.659. The van der Waals surface area contributed by atoms with E-state index < -0.39 is 125 Å². The minimum absolute atomic E-state index is 0.146. The van der Waals surface area contributed by atoms with E-state index in [2.05, 4.69) is 31.6 Å². The van der Waals surface area contributed by atoms with Crippen LogP contribution < -0.4 is 32.3 Å². The third-order valence-corrected chi connectivity index (χ3v) is 11.9. The van der Waals surface area contributed by atoms with Crippen molar-refractivity contribution in [1.82, 2.24) is 36.5 Å². The maximum Gasteiger partial charge on any atom is 0.338 e. The zero-order valence-corrected chi connectivity index (χ0v) is 37.2. The molecule has 2 heterocycles. The number of likely N-dealkylation sites (tertiary alicyclic amines) is 1. The second-order valence-electron chi connectivity index (χ2n) is 19.1. The van der Waals surface area contributed by atoms with Crippen molar-refractivity contribution >= 4 is 58.9 Å². The number of rotatable bonds is 17. The lowest BCUT2D eigenvalue weighted by Crippen LogP contribution is -2.62. The molecule has 0 aromatic carbocycles. The van der Waals surface area contributed by atoms with E-state index in [1.165, 1.54) is 6.20 Å². The van der Waals surface area contributed by atoms with Gasteiger partial charge in [-0.25, -0.2) is 4.79 Å². The van der Waals surface area contributed by atoms with E-state index >= 15 is 0 Å². The molecule has 5 atom stereocenters. The van der Waals surface area contributed by atoms with E-state index in [0.717, 1.165) is 68.5 Å². The van der Waals surface area contributed by atoms with Crippen molar-refractivity contribution in [3.05, 3.63) is 29.6 Å². The van der Waals surface area contributed by atoms with Crippen LogP contribution in [0.2, 0.25) is 0 Å². The molecule has 7 amide bonds. The maximum absolute atomic E-state index is 14.6. The van der Waals surface area contributed by atoms with Crippen LogP contribution >= 0.6 is 0 Å². The average molecular weight is 881 g/mol. The number of nitrogens with one attached hydrogen (secondary N) is 5. The number of carboxylic acids is 1. The van der Waals surface area contributed by atoms with Gasteiger partial charge in [0, 0.05) is 30.8 Å². The number of amides is 7. The minimum atomic E-state index is -1.59. The van der Waals surface area contributed by atoms with Gasteiger partial charge in [0.25, 0.3) is 11.8 Å². The van der Waals surface area contributed by atoms with Crippen molar-refractivity contribution in [1.29, 1.82) is 0 Å². The number of ketones is 2. The average Bonchev–Trinajstić information content (AvgIpc) is 3.62. The van der Waals surface area contributed by atoms with E-state index in [-0.39, 0.29) is 23.8 Å². The number of pyridine rings is 1. The fourth-order valence-electron chi connectivity index (χ4n) is 8.53. The highest BCUT2D eigenvalue weighted by Crippen LogP contribution is 2.30. The van der Waals surface area contributed by atoms with Crippen LogP contribution in [-0.4, -0.2) is 116 Å². The van der Waals surface area contributed by atoms with Crippen LogP contribution in [0.4, 0.5) is 0 Å². The third kappa shape index (κ3) is 13.9. The summed E-state index contributed by atoms with van der Waals surface area (Å²) in [6, 6.07) is -5.30. The highest BCUT2D eigenvalue weighted by molar-refractivity contribution is 6.36. The molecular formula is C44H64N8O11. The first-order valence-electron chi connectivity index (χ1n) is 21.8. The molecule has 0 spiro atoms. The molecule has 2 aliphatic carbocycles. The van der Waals surface area contributed by atoms with Crippen molar-refractivity contribution < 1.29 is 53.1 Å². The van der Waals surface area contributed by atoms with Crippen molar-refractivity contribution in [2.75, 3.05) is 6.54 Å². The predicted molar refractivity (Wildman–Crippen MR) is 227 cm³/mol. The van der Waals surface area contributed by atoms with Gasteiger partial charge in [-0.15, -0.1) is 0 Å². The quantitative estimate of drug-likeness (QED) is 0.110. The predicted octanol–water partition coefficient (Wildman–Crippen LogP) is 1.46. The number of hydrogen-bond donors (Lipinski definition) is 7. The number of nitrogens with two attached hydrogens (primary N) is 1. The van der Waals surface area contributed by atoms with Gasteiger partial charge in [0.2, 0.25) is 35.3 Å². The van der Waals surface area contributed by atoms with Crippen LogP contribution in [0, 0.1) is 17.3 Å². The Hall–Kier alpha value is -5.75. The number of carboxylic acid groups (broad SMARTS) is 1. The molecular weight excluding hydrogens is 817 g/mol. The number of nitrogens with zero attached hydrogens (tertiary/aromatic N) is 2. The molecule has 4 rings (SSSR count). The van der Waals surface area contributed by atoms with Gasteiger partial charge in [0.1, 0.15) is 30.2 Å². The molecule has 346 valence electrons. The second-order valence-corrected chi connectivity index (χ2v) is 19.1. The summed E-state index contributed by atoms with van der Waals surface area (Å²) in [5, 5.41) is 22.9. The van der Waals surface area contributed by atoms with Gasteiger partial charge in [0.15, 0.2) is 5.78 Å². The molecule has 1 aliphatic heterocycles. The van der Waals surface area contributed by atoms with Crippen LogP contribution in [-0.2, 0) is 38.4 Å². The highest BCUT2D eigenvalue weighted by atomic mass is 16.4. The lowest BCUT2D eigenvalue weighted by molar-refractivity contribution is -0.145. The Balaban J connectivity index is 1.59. The third-order valence-electron chi connectivity index (χ3n) is 11.9. The molecule has 19 heteroatoms.